The number of H-pyrrole nitrogens is 1. The van der Waals surface area contributed by atoms with Gasteiger partial charge in [0.05, 0.1) is 33.9 Å². The van der Waals surface area contributed by atoms with Crippen LogP contribution in [0.1, 0.15) is 5.56 Å². The van der Waals surface area contributed by atoms with Crippen LogP contribution in [0.4, 0.5) is 8.78 Å². The average molecular weight is 465 g/mol. The van der Waals surface area contributed by atoms with Gasteiger partial charge in [0.15, 0.2) is 0 Å². The lowest BCUT2D eigenvalue weighted by molar-refractivity contribution is 0.601. The largest absolute Gasteiger partial charge is 0.303 e. The Morgan fingerprint density at radius 3 is 2.58 bits per heavy atom. The Morgan fingerprint density at radius 2 is 1.82 bits per heavy atom. The molecular weight excluding hydrogens is 450 g/mol. The van der Waals surface area contributed by atoms with Gasteiger partial charge in [-0.05, 0) is 42.0 Å². The van der Waals surface area contributed by atoms with Crippen molar-refractivity contribution in [1.29, 1.82) is 0 Å². The maximum absolute atomic E-state index is 14.9. The number of para-hydroxylation sites is 1. The van der Waals surface area contributed by atoms with Gasteiger partial charge in [-0.3, -0.25) is 19.7 Å². The number of fused-ring (bicyclic) bond motifs is 1. The van der Waals surface area contributed by atoms with Crippen molar-refractivity contribution in [3.05, 3.63) is 116 Å². The highest BCUT2D eigenvalue weighted by Crippen LogP contribution is 2.29. The third-order valence-electron chi connectivity index (χ3n) is 5.30. The zero-order valence-electron chi connectivity index (χ0n) is 16.9. The van der Waals surface area contributed by atoms with Gasteiger partial charge in [0.1, 0.15) is 11.6 Å². The maximum atomic E-state index is 14.9. The molecule has 164 valence electrons. The molecule has 5 rings (SSSR count). The molecule has 5 aromatic rings. The first-order valence-electron chi connectivity index (χ1n) is 9.92. The summed E-state index contributed by atoms with van der Waals surface area (Å²) >= 11 is 6.27. The van der Waals surface area contributed by atoms with E-state index in [-0.39, 0.29) is 28.7 Å². The van der Waals surface area contributed by atoms with E-state index in [0.29, 0.717) is 16.3 Å². The highest BCUT2D eigenvalue weighted by molar-refractivity contribution is 6.32. The number of aromatic amines is 1. The van der Waals surface area contributed by atoms with Crippen molar-refractivity contribution in [2.75, 3.05) is 0 Å². The number of hydrogen-bond donors (Lipinski definition) is 1. The van der Waals surface area contributed by atoms with Gasteiger partial charge >= 0.3 is 0 Å². The molecule has 33 heavy (non-hydrogen) atoms. The molecular formula is C24H15ClF2N4O2. The molecule has 0 fully saturated rings. The standard InChI is InChI=1S/C24H15ClF2N4O2/c25-17-5-1-2-6-20(17)31-24(33)22-19(29-31)11-21(32)30(13-14-4-3-9-28-12-14)23(22)16-10-15(26)7-8-18(16)27/h1-12,29H,13H2. The number of aromatic nitrogens is 4. The number of pyridine rings is 2. The lowest BCUT2D eigenvalue weighted by Gasteiger charge is -2.14. The topological polar surface area (TPSA) is 72.7 Å². The molecule has 0 aliphatic carbocycles. The molecule has 0 aliphatic rings. The minimum absolute atomic E-state index is 0.00458. The van der Waals surface area contributed by atoms with E-state index in [2.05, 4.69) is 10.1 Å². The molecule has 0 atom stereocenters. The minimum Gasteiger partial charge on any atom is -0.303 e. The number of rotatable bonds is 4. The van der Waals surface area contributed by atoms with Gasteiger partial charge < -0.3 is 4.57 Å². The number of hydrogen-bond acceptors (Lipinski definition) is 3. The monoisotopic (exact) mass is 464 g/mol. The summed E-state index contributed by atoms with van der Waals surface area (Å²) in [7, 11) is 0. The first kappa shape index (κ1) is 20.8. The fraction of sp³-hybridized carbons (Fsp3) is 0.0417. The zero-order valence-corrected chi connectivity index (χ0v) is 17.7. The van der Waals surface area contributed by atoms with Crippen molar-refractivity contribution in [3.63, 3.8) is 0 Å². The predicted molar refractivity (Wildman–Crippen MR) is 122 cm³/mol. The minimum atomic E-state index is -0.770. The molecule has 0 saturated carbocycles. The third-order valence-corrected chi connectivity index (χ3v) is 5.62. The first-order valence-corrected chi connectivity index (χ1v) is 10.3. The average Bonchev–Trinajstić information content (AvgIpc) is 3.12. The van der Waals surface area contributed by atoms with E-state index in [1.165, 1.54) is 15.3 Å². The summed E-state index contributed by atoms with van der Waals surface area (Å²) in [6.45, 7) is 0.00458. The van der Waals surface area contributed by atoms with E-state index in [1.807, 2.05) is 0 Å². The van der Waals surface area contributed by atoms with Crippen molar-refractivity contribution >= 4 is 22.5 Å². The lowest BCUT2D eigenvalue weighted by atomic mass is 10.1. The molecule has 3 heterocycles. The number of nitrogens with zero attached hydrogens (tertiary/aromatic N) is 3. The van der Waals surface area contributed by atoms with Gasteiger partial charge in [0.25, 0.3) is 11.1 Å². The van der Waals surface area contributed by atoms with Crippen LogP contribution in [0.5, 0.6) is 0 Å². The van der Waals surface area contributed by atoms with Crippen LogP contribution in [-0.2, 0) is 6.54 Å². The van der Waals surface area contributed by atoms with E-state index in [4.69, 9.17) is 11.6 Å². The number of benzene rings is 2. The summed E-state index contributed by atoms with van der Waals surface area (Å²) in [5.41, 5.74) is -0.119. The van der Waals surface area contributed by atoms with Crippen LogP contribution in [0.2, 0.25) is 5.02 Å². The zero-order chi connectivity index (χ0) is 23.1. The Kier molecular flexibility index (Phi) is 5.14. The fourth-order valence-electron chi connectivity index (χ4n) is 3.83. The quantitative estimate of drug-likeness (QED) is 0.425. The molecule has 0 unspecified atom stereocenters. The van der Waals surface area contributed by atoms with Crippen molar-refractivity contribution < 1.29 is 8.78 Å². The van der Waals surface area contributed by atoms with Gasteiger partial charge in [-0.15, -0.1) is 0 Å². The molecule has 0 aliphatic heterocycles. The van der Waals surface area contributed by atoms with Gasteiger partial charge in [0, 0.05) is 24.0 Å². The Morgan fingerprint density at radius 1 is 1.00 bits per heavy atom. The van der Waals surface area contributed by atoms with E-state index < -0.39 is 22.8 Å². The second-order valence-electron chi connectivity index (χ2n) is 7.40. The second kappa shape index (κ2) is 8.14. The van der Waals surface area contributed by atoms with Crippen LogP contribution in [0.15, 0.2) is 82.6 Å². The molecule has 0 radical (unpaired) electrons. The second-order valence-corrected chi connectivity index (χ2v) is 7.80. The Bertz CT molecular complexity index is 1620. The molecule has 9 heteroatoms. The van der Waals surface area contributed by atoms with Crippen LogP contribution in [0.25, 0.3) is 27.8 Å². The summed E-state index contributed by atoms with van der Waals surface area (Å²) in [6.07, 6.45) is 3.14. The van der Waals surface area contributed by atoms with Crippen LogP contribution < -0.4 is 11.1 Å². The SMILES string of the molecule is O=c1c2c(-c3cc(F)ccc3F)n(Cc3cccnc3)c(=O)cc2[nH]n1-c1ccccc1Cl. The van der Waals surface area contributed by atoms with E-state index in [1.54, 1.807) is 48.8 Å². The van der Waals surface area contributed by atoms with Crippen LogP contribution in [0, 0.1) is 11.6 Å². The van der Waals surface area contributed by atoms with Gasteiger partial charge in [-0.25, -0.2) is 13.5 Å². The molecule has 2 aromatic carbocycles. The molecule has 3 aromatic heterocycles. The van der Waals surface area contributed by atoms with Gasteiger partial charge in [0.2, 0.25) is 0 Å². The maximum Gasteiger partial charge on any atom is 0.281 e. The normalized spacial score (nSPS) is 11.2. The van der Waals surface area contributed by atoms with E-state index in [9.17, 15) is 18.4 Å². The summed E-state index contributed by atoms with van der Waals surface area (Å²) in [4.78, 5) is 30.7. The summed E-state index contributed by atoms with van der Waals surface area (Å²) in [5.74, 6) is -1.47. The van der Waals surface area contributed by atoms with Crippen molar-refractivity contribution in [3.8, 4) is 16.9 Å². The fourth-order valence-corrected chi connectivity index (χ4v) is 4.05. The highest BCUT2D eigenvalue weighted by atomic mass is 35.5. The number of halogens is 3. The molecule has 1 N–H and O–H groups in total. The van der Waals surface area contributed by atoms with Crippen LogP contribution in [-0.4, -0.2) is 19.3 Å². The molecule has 0 amide bonds. The lowest BCUT2D eigenvalue weighted by Crippen LogP contribution is -2.24. The van der Waals surface area contributed by atoms with E-state index in [0.717, 1.165) is 18.2 Å². The van der Waals surface area contributed by atoms with Crippen LogP contribution in [0.3, 0.4) is 0 Å². The Labute approximate surface area is 190 Å². The smallest absolute Gasteiger partial charge is 0.281 e. The first-order chi connectivity index (χ1) is 15.9. The van der Waals surface area contributed by atoms with Crippen LogP contribution >= 0.6 is 11.6 Å². The molecule has 6 nitrogen and oxygen atoms in total. The van der Waals surface area contributed by atoms with Crippen molar-refractivity contribution in [2.45, 2.75) is 6.54 Å². The Hall–Kier alpha value is -4.04. The molecule has 0 saturated heterocycles. The third kappa shape index (κ3) is 3.64. The van der Waals surface area contributed by atoms with Crippen molar-refractivity contribution in [1.82, 2.24) is 19.3 Å². The van der Waals surface area contributed by atoms with E-state index >= 15 is 0 Å². The highest BCUT2D eigenvalue weighted by Gasteiger charge is 2.22. The molecule has 0 spiro atoms. The van der Waals surface area contributed by atoms with Crippen molar-refractivity contribution in [2.24, 2.45) is 0 Å². The Balaban J connectivity index is 1.89. The van der Waals surface area contributed by atoms with Gasteiger partial charge in [-0.2, -0.15) is 0 Å². The number of nitrogens with one attached hydrogen (secondary N) is 1. The predicted octanol–water partition coefficient (Wildman–Crippen LogP) is 4.52. The summed E-state index contributed by atoms with van der Waals surface area (Å²) < 4.78 is 31.5. The molecule has 0 bridgehead atoms. The van der Waals surface area contributed by atoms with Gasteiger partial charge in [-0.1, -0.05) is 29.8 Å². The summed E-state index contributed by atoms with van der Waals surface area (Å²) in [6, 6.07) is 14.3. The summed E-state index contributed by atoms with van der Waals surface area (Å²) in [5, 5.41) is 3.21.